The van der Waals surface area contributed by atoms with Crippen LogP contribution in [-0.2, 0) is 72.7 Å². The summed E-state index contributed by atoms with van der Waals surface area (Å²) in [5, 5.41) is 44.4. The summed E-state index contributed by atoms with van der Waals surface area (Å²) in [6.07, 6.45) is -4.54. The lowest BCUT2D eigenvalue weighted by Crippen LogP contribution is -2.65. The normalized spacial score (nSPS) is 28.7. The Labute approximate surface area is 596 Å². The molecule has 0 spiro atoms. The van der Waals surface area contributed by atoms with Gasteiger partial charge in [0, 0.05) is 93.9 Å². The van der Waals surface area contributed by atoms with E-state index >= 15 is 43.2 Å². The van der Waals surface area contributed by atoms with Crippen LogP contribution in [0.15, 0.2) is 24.3 Å². The SMILES string of the molecule is CC[C@H](C)C1NC(=O)[C@H](C(C)C)N(C)C(=O)[C@@H]2C[C@@]3(O)c4ccccc4N[C@H]3N2C(=O)CN(C)C(=O)[C@H]([C@@H](C)CC)N(C)C(=O)C(C(C)C)NC(=O)[C@@H](OC(C)=O)N(C)C(=O)C([C@@H](C)[C@H](C)O)N(C)C(=O)[C@H](C(C)(C)O)N(C)C(=O)CN(C)C(=O)[C@H](C(C)C)N(C)C(=O)[C@H](C(C)C)N(C)C1=O. The summed E-state index contributed by atoms with van der Waals surface area (Å²) in [5.74, 6) is -16.4. The maximum Gasteiger partial charge on any atom is 0.304 e. The maximum absolute atomic E-state index is 15.5. The molecule has 568 valence electrons. The quantitative estimate of drug-likeness (QED) is 0.159. The van der Waals surface area contributed by atoms with E-state index in [0.717, 1.165) is 43.4 Å². The van der Waals surface area contributed by atoms with Crippen LogP contribution in [0.25, 0.3) is 0 Å². The molecular weight excluding hydrogens is 1310 g/mol. The van der Waals surface area contributed by atoms with Gasteiger partial charge >= 0.3 is 5.97 Å². The number of para-hydroxylation sites is 1. The van der Waals surface area contributed by atoms with Gasteiger partial charge in [-0.2, -0.15) is 0 Å². The first-order chi connectivity index (χ1) is 46.5. The van der Waals surface area contributed by atoms with Gasteiger partial charge in [-0.25, -0.2) is 0 Å². The van der Waals surface area contributed by atoms with Gasteiger partial charge in [0.05, 0.1) is 24.8 Å². The molecule has 16 atom stereocenters. The number of rotatable bonds is 12. The number of hydrogen-bond acceptors (Lipinski definition) is 18. The van der Waals surface area contributed by atoms with E-state index in [1.54, 1.807) is 100 Å². The highest BCUT2D eigenvalue weighted by molar-refractivity contribution is 6.00. The summed E-state index contributed by atoms with van der Waals surface area (Å²) in [5.41, 5.74) is -3.14. The molecule has 4 rings (SSSR count). The predicted octanol–water partition coefficient (Wildman–Crippen LogP) is 0.940. The van der Waals surface area contributed by atoms with Crippen LogP contribution in [0.1, 0.15) is 143 Å². The molecule has 30 nitrogen and oxygen atoms in total. The number of benzene rings is 1. The van der Waals surface area contributed by atoms with Crippen molar-refractivity contribution in [1.82, 2.24) is 59.6 Å². The number of aliphatic hydroxyl groups is 3. The molecule has 0 bridgehead atoms. The van der Waals surface area contributed by atoms with Crippen LogP contribution in [-0.4, -0.2) is 296 Å². The molecule has 2 fully saturated rings. The Morgan fingerprint density at radius 3 is 1.45 bits per heavy atom. The molecular formula is C71H117N13O17. The molecule has 0 saturated carbocycles. The molecule has 3 aliphatic heterocycles. The first-order valence-corrected chi connectivity index (χ1v) is 35.0. The van der Waals surface area contributed by atoms with E-state index in [1.165, 1.54) is 98.8 Å². The second-order valence-corrected chi connectivity index (χ2v) is 30.2. The fourth-order valence-electron chi connectivity index (χ4n) is 14.3. The average Bonchev–Trinajstić information content (AvgIpc) is 1.56. The van der Waals surface area contributed by atoms with Gasteiger partial charge in [-0.3, -0.25) is 62.3 Å². The van der Waals surface area contributed by atoms with Crippen LogP contribution >= 0.6 is 0 Å². The van der Waals surface area contributed by atoms with E-state index in [9.17, 15) is 34.5 Å². The van der Waals surface area contributed by atoms with Gasteiger partial charge in [-0.15, -0.1) is 0 Å². The van der Waals surface area contributed by atoms with Crippen molar-refractivity contribution in [2.75, 3.05) is 81.8 Å². The minimum Gasteiger partial charge on any atom is -0.432 e. The number of carbonyl (C=O) groups excluding carboxylic acids is 13. The molecule has 1 aromatic rings. The van der Waals surface area contributed by atoms with Gasteiger partial charge in [0.25, 0.3) is 12.1 Å². The molecule has 2 saturated heterocycles. The monoisotopic (exact) mass is 1420 g/mol. The van der Waals surface area contributed by atoms with Crippen LogP contribution in [0, 0.1) is 41.4 Å². The number of fused-ring (bicyclic) bond motifs is 5. The summed E-state index contributed by atoms with van der Waals surface area (Å²) < 4.78 is 5.51. The minimum absolute atomic E-state index is 0.300. The summed E-state index contributed by atoms with van der Waals surface area (Å²) in [4.78, 5) is 204. The summed E-state index contributed by atoms with van der Waals surface area (Å²) in [7, 11) is 11.6. The molecule has 101 heavy (non-hydrogen) atoms. The van der Waals surface area contributed by atoms with E-state index in [-0.39, 0.29) is 6.42 Å². The van der Waals surface area contributed by atoms with Gasteiger partial charge in [0.1, 0.15) is 66.1 Å². The minimum atomic E-state index is -2.17. The molecule has 3 heterocycles. The zero-order chi connectivity index (χ0) is 77.6. The Morgan fingerprint density at radius 2 is 0.960 bits per heavy atom. The predicted molar refractivity (Wildman–Crippen MR) is 375 cm³/mol. The number of aliphatic hydroxyl groups excluding tert-OH is 1. The third-order valence-corrected chi connectivity index (χ3v) is 20.7. The van der Waals surface area contributed by atoms with Gasteiger partial charge in [-0.1, -0.05) is 121 Å². The molecule has 12 amide bonds. The lowest BCUT2D eigenvalue weighted by molar-refractivity contribution is -0.174. The largest absolute Gasteiger partial charge is 0.432 e. The van der Waals surface area contributed by atoms with Crippen LogP contribution in [0.4, 0.5) is 5.69 Å². The second kappa shape index (κ2) is 34.3. The van der Waals surface area contributed by atoms with E-state index in [1.807, 2.05) is 6.92 Å². The standard InChI is InChI=1S/C71H117N13O17/c1-27-40(11)51-62(93)79(22)54(39(9)10)65(96)80(23)53(38(7)8)63(94)75(18)34-48(87)77(20)57(70(16,17)99)67(98)82(25)56(42(13)43(14)85)66(97)83(26)68(101-44(15)86)59(90)73-50(36(3)4)61(92)81(24)55(41(12)28-2)64(95)76(19)35-49(88)84-47(60(91)78(21)52(37(5)6)58(89)74-51)33-71(100)45-31-29-30-32-46(45)72-69(71)84/h29-32,36-43,47,50-57,68-69,72,85,99-100H,27-28,33-35H2,1-26H3,(H,73,90)(H,74,89)/t40-,41-,42-,43-,47-,50?,51?,52-,53-,54-,55-,56?,57+,68+,69-,71+/m0/s1. The third kappa shape index (κ3) is 18.3. The highest BCUT2D eigenvalue weighted by Gasteiger charge is 2.61. The second-order valence-electron chi connectivity index (χ2n) is 30.2. The van der Waals surface area contributed by atoms with Crippen molar-refractivity contribution in [3.63, 3.8) is 0 Å². The summed E-state index contributed by atoms with van der Waals surface area (Å²) in [6.45, 7) is 25.0. The van der Waals surface area contributed by atoms with Crippen LogP contribution < -0.4 is 16.0 Å². The van der Waals surface area contributed by atoms with Crippen molar-refractivity contribution in [2.24, 2.45) is 41.4 Å². The number of amides is 12. The number of esters is 1. The number of nitrogens with zero attached hydrogens (tertiary/aromatic N) is 10. The first-order valence-electron chi connectivity index (χ1n) is 35.0. The number of carbonyl (C=O) groups is 13. The fraction of sp³-hybridized carbons (Fsp3) is 0.732. The molecule has 0 radical (unpaired) electrons. The van der Waals surface area contributed by atoms with Crippen molar-refractivity contribution in [3.8, 4) is 0 Å². The van der Waals surface area contributed by atoms with Crippen LogP contribution in [0.5, 0.6) is 0 Å². The molecule has 6 N–H and O–H groups in total. The third-order valence-electron chi connectivity index (χ3n) is 20.7. The Hall–Kier alpha value is -7.99. The van der Waals surface area contributed by atoms with Crippen molar-refractivity contribution < 1.29 is 82.4 Å². The number of nitrogens with one attached hydrogen (secondary N) is 3. The first kappa shape index (κ1) is 85.4. The molecule has 0 aliphatic carbocycles. The Balaban J connectivity index is 2.01. The van der Waals surface area contributed by atoms with Crippen molar-refractivity contribution in [3.05, 3.63) is 29.8 Å². The zero-order valence-electron chi connectivity index (χ0n) is 64.3. The van der Waals surface area contributed by atoms with Crippen molar-refractivity contribution in [2.45, 2.75) is 221 Å². The molecule has 1 aromatic carbocycles. The smallest absolute Gasteiger partial charge is 0.304 e. The lowest BCUT2D eigenvalue weighted by Gasteiger charge is -2.43. The highest BCUT2D eigenvalue weighted by Crippen LogP contribution is 2.50. The zero-order valence-corrected chi connectivity index (χ0v) is 64.3. The topological polar surface area (TPSA) is 360 Å². The number of anilines is 1. The fourth-order valence-corrected chi connectivity index (χ4v) is 14.3. The molecule has 3 unspecified atom stereocenters. The van der Waals surface area contributed by atoms with E-state index in [0.29, 0.717) is 29.0 Å². The van der Waals surface area contributed by atoms with Gasteiger partial charge in [-0.05, 0) is 62.3 Å². The highest BCUT2D eigenvalue weighted by atomic mass is 16.6. The van der Waals surface area contributed by atoms with Crippen LogP contribution in [0.3, 0.4) is 0 Å². The molecule has 3 aliphatic rings. The van der Waals surface area contributed by atoms with Crippen molar-refractivity contribution >= 4 is 82.5 Å². The summed E-state index contributed by atoms with van der Waals surface area (Å²) >= 11 is 0. The van der Waals surface area contributed by atoms with Gasteiger partial charge in [0.2, 0.25) is 65.0 Å². The van der Waals surface area contributed by atoms with Crippen molar-refractivity contribution in [1.29, 1.82) is 0 Å². The number of hydrogen-bond donors (Lipinski definition) is 6. The number of ether oxygens (including phenoxy) is 1. The van der Waals surface area contributed by atoms with E-state index < -0.39 is 215 Å². The van der Waals surface area contributed by atoms with Crippen LogP contribution in [0.2, 0.25) is 0 Å². The van der Waals surface area contributed by atoms with Gasteiger partial charge < -0.3 is 85.0 Å². The number of likely N-dealkylation sites (N-methyl/N-ethyl adjacent to an activating group) is 9. The Kier molecular flexibility index (Phi) is 29.0. The van der Waals surface area contributed by atoms with E-state index in [4.69, 9.17) is 4.74 Å². The Bertz CT molecular complexity index is 3230. The van der Waals surface area contributed by atoms with E-state index in [2.05, 4.69) is 16.0 Å². The van der Waals surface area contributed by atoms with Gasteiger partial charge in [0.15, 0.2) is 0 Å². The lowest BCUT2D eigenvalue weighted by atomic mass is 9.90. The summed E-state index contributed by atoms with van der Waals surface area (Å²) in [6, 6.07) is -6.31. The molecule has 30 heteroatoms. The average molecular weight is 1420 g/mol. The Morgan fingerprint density at radius 1 is 0.525 bits per heavy atom. The maximum atomic E-state index is 15.5. The molecule has 0 aromatic heterocycles.